The zero-order chi connectivity index (χ0) is 88.7. The summed E-state index contributed by atoms with van der Waals surface area (Å²) in [7, 11) is 12.3. The van der Waals surface area contributed by atoms with Crippen LogP contribution in [0.4, 0.5) is 0 Å². The molecule has 0 aromatic rings. The first-order valence-electron chi connectivity index (χ1n) is 43.5. The molecule has 0 unspecified atom stereocenters. The average Bonchev–Trinajstić information content (AvgIpc) is 0.749. The molecule has 0 amide bonds. The third-order valence-corrected chi connectivity index (χ3v) is 29.9. The lowest BCUT2D eigenvalue weighted by molar-refractivity contribution is -0.334. The van der Waals surface area contributed by atoms with Gasteiger partial charge in [-0.1, -0.05) is 27.7 Å². The number of rotatable bonds is 26. The zero-order valence-electron chi connectivity index (χ0n) is 78.9. The van der Waals surface area contributed by atoms with E-state index < -0.39 is 203 Å². The van der Waals surface area contributed by atoms with E-state index in [0.29, 0.717) is 77.0 Å². The largest absolute Gasteiger partial charge is 0.466 e. The molecule has 8 aliphatic heterocycles. The summed E-state index contributed by atoms with van der Waals surface area (Å²) in [6, 6.07) is 0. The van der Waals surface area contributed by atoms with Gasteiger partial charge in [0.25, 0.3) is 10.8 Å². The molecule has 0 atom stereocenters. The molecule has 0 bridgehead atoms. The van der Waals surface area contributed by atoms with Crippen LogP contribution in [-0.2, 0) is 95.2 Å². The van der Waals surface area contributed by atoms with Crippen molar-refractivity contribution in [3.8, 4) is 0 Å². The fourth-order valence-electron chi connectivity index (χ4n) is 21.1. The standard InChI is InChI=1S/C91H158N6O20/c1-75(2,53-65(98)106-39-35-37-90(67(100)112-59-41-77(5,6)92(29)78(7,8)42-59,68(101)113-60-43-79(9,10)93(30)80(11,12)44-60)69(102)114-61-45-81(13,14)94(31)82(15,16)46-61)73-108-55-89(56-109-73)57-110-74(111-58-89)76(3,4)54-66(99)107-40-36-38-91(70(103)115-62-47-83(17,18)95(32)84(19,20)48-62,71(104)116-63-49-85(21,22)96(33)86(23,24)50-63)72(105)117-64-51-87(25,26)97(34)88(27,28)52-64/h59-64,73-74H,35-58H2,1-34H3. The van der Waals surface area contributed by atoms with Crippen LogP contribution in [-0.4, -0.2) is 275 Å². The quantitative estimate of drug-likeness (QED) is 0.0337. The summed E-state index contributed by atoms with van der Waals surface area (Å²) in [5, 5.41) is 0. The van der Waals surface area contributed by atoms with Crippen molar-refractivity contribution in [1.29, 1.82) is 0 Å². The molecule has 8 saturated heterocycles. The number of ether oxygens (including phenoxy) is 12. The van der Waals surface area contributed by atoms with E-state index in [1.54, 1.807) is 0 Å². The monoisotopic (exact) mass is 1660 g/mol. The number of nitrogens with zero attached hydrogens (tertiary/aromatic N) is 6. The molecule has 0 saturated carbocycles. The third-order valence-electron chi connectivity index (χ3n) is 29.9. The number of likely N-dealkylation sites (tertiary alicyclic amines) is 6. The summed E-state index contributed by atoms with van der Waals surface area (Å²) >= 11 is 0. The van der Waals surface area contributed by atoms with E-state index >= 15 is 28.8 Å². The second kappa shape index (κ2) is 34.1. The van der Waals surface area contributed by atoms with E-state index in [-0.39, 0.29) is 65.3 Å². The molecule has 0 radical (unpaired) electrons. The first-order chi connectivity index (χ1) is 53.0. The molecule has 0 N–H and O–H groups in total. The second-order valence-electron chi connectivity index (χ2n) is 45.9. The molecular formula is C91H158N6O20. The molecular weight excluding hydrogens is 1500 g/mol. The Morgan fingerprint density at radius 3 is 0.590 bits per heavy atom. The Labute approximate surface area is 703 Å². The Bertz CT molecular complexity index is 2960. The molecule has 8 fully saturated rings. The summed E-state index contributed by atoms with van der Waals surface area (Å²) in [4.78, 5) is 135. The van der Waals surface area contributed by atoms with E-state index in [2.05, 4.69) is 196 Å². The van der Waals surface area contributed by atoms with Crippen LogP contribution in [0.25, 0.3) is 0 Å². The molecule has 1 spiro atoms. The molecule has 8 rings (SSSR count). The molecule has 0 aromatic heterocycles. The van der Waals surface area contributed by atoms with E-state index in [1.165, 1.54) is 0 Å². The molecule has 117 heavy (non-hydrogen) atoms. The van der Waals surface area contributed by atoms with Gasteiger partial charge in [-0.3, -0.25) is 67.8 Å². The molecule has 26 nitrogen and oxygen atoms in total. The minimum atomic E-state index is -2.58. The van der Waals surface area contributed by atoms with E-state index in [1.807, 2.05) is 70.0 Å². The van der Waals surface area contributed by atoms with Crippen molar-refractivity contribution in [1.82, 2.24) is 29.4 Å². The normalized spacial score (nSPS) is 28.2. The van der Waals surface area contributed by atoms with E-state index in [9.17, 15) is 9.59 Å². The summed E-state index contributed by atoms with van der Waals surface area (Å²) in [6.45, 7) is 57.3. The van der Waals surface area contributed by atoms with Gasteiger partial charge in [0.2, 0.25) is 0 Å². The van der Waals surface area contributed by atoms with Gasteiger partial charge in [-0.25, -0.2) is 0 Å². The minimum Gasteiger partial charge on any atom is -0.466 e. The molecule has 672 valence electrons. The van der Waals surface area contributed by atoms with Crippen molar-refractivity contribution in [3.63, 3.8) is 0 Å². The van der Waals surface area contributed by atoms with Crippen molar-refractivity contribution in [2.45, 2.75) is 425 Å². The van der Waals surface area contributed by atoms with Gasteiger partial charge in [0, 0.05) is 154 Å². The molecule has 8 heterocycles. The van der Waals surface area contributed by atoms with Gasteiger partial charge >= 0.3 is 47.8 Å². The van der Waals surface area contributed by atoms with Crippen LogP contribution in [0.15, 0.2) is 0 Å². The number of carbonyl (C=O) groups excluding carboxylic acids is 8. The lowest BCUT2D eigenvalue weighted by atomic mass is 9.77. The Kier molecular flexibility index (Phi) is 28.5. The second-order valence-corrected chi connectivity index (χ2v) is 45.9. The lowest BCUT2D eigenvalue weighted by Crippen LogP contribution is -2.63. The van der Waals surface area contributed by atoms with Crippen molar-refractivity contribution >= 4 is 47.8 Å². The summed E-state index contributed by atoms with van der Waals surface area (Å²) in [6.07, 6.45) is -1.88. The van der Waals surface area contributed by atoms with Crippen LogP contribution in [0, 0.1) is 27.1 Å². The average molecular weight is 1660 g/mol. The van der Waals surface area contributed by atoms with Gasteiger partial charge in [0.05, 0.1) is 57.9 Å². The Morgan fingerprint density at radius 1 is 0.282 bits per heavy atom. The van der Waals surface area contributed by atoms with Crippen LogP contribution in [0.2, 0.25) is 0 Å². The Morgan fingerprint density at radius 2 is 0.436 bits per heavy atom. The van der Waals surface area contributed by atoms with E-state index in [0.717, 1.165) is 0 Å². The number of hydrogen-bond donors (Lipinski definition) is 0. The van der Waals surface area contributed by atoms with E-state index in [4.69, 9.17) is 56.8 Å². The maximum Gasteiger partial charge on any atom is 0.335 e. The predicted octanol–water partition coefficient (Wildman–Crippen LogP) is 13.3. The van der Waals surface area contributed by atoms with Gasteiger partial charge in [0.15, 0.2) is 12.6 Å². The minimum absolute atomic E-state index is 0.105. The summed E-state index contributed by atoms with van der Waals surface area (Å²) in [5.41, 5.74) is -12.8. The van der Waals surface area contributed by atoms with Gasteiger partial charge in [-0.15, -0.1) is 0 Å². The van der Waals surface area contributed by atoms with Crippen LogP contribution in [0.1, 0.15) is 309 Å². The van der Waals surface area contributed by atoms with Gasteiger partial charge < -0.3 is 56.8 Å². The highest BCUT2D eigenvalue weighted by Crippen LogP contribution is 2.50. The van der Waals surface area contributed by atoms with Crippen molar-refractivity contribution in [3.05, 3.63) is 0 Å². The first kappa shape index (κ1) is 97.8. The SMILES string of the molecule is CN1C(C)(C)CC(OC(=O)C(CCCOC(=O)CC(C)(C)C2OCC3(CO2)COC(C(C)(C)CC(=O)OCCCC(C(=O)OC2CC(C)(C)N(C)C(C)(C)C2)(C(=O)OC2CC(C)(C)N(C)C(C)(C)C2)C(=O)OC2CC(C)(C)N(C)C(C)(C)C2)OC3)(C(=O)OC2CC(C)(C)N(C)C(C)(C)C2)C(=O)OC2CC(C)(C)N(C)C(C)(C)C2)CC1(C)C. The van der Waals surface area contributed by atoms with Gasteiger partial charge in [0.1, 0.15) is 36.6 Å². The van der Waals surface area contributed by atoms with Crippen LogP contribution < -0.4 is 0 Å². The van der Waals surface area contributed by atoms with Crippen LogP contribution in [0.3, 0.4) is 0 Å². The summed E-state index contributed by atoms with van der Waals surface area (Å²) < 4.78 is 76.7. The van der Waals surface area contributed by atoms with Crippen LogP contribution >= 0.6 is 0 Å². The number of carbonyl (C=O) groups is 8. The lowest BCUT2D eigenvalue weighted by Gasteiger charge is -2.54. The third kappa shape index (κ3) is 21.4. The predicted molar refractivity (Wildman–Crippen MR) is 446 cm³/mol. The topological polar surface area (TPSA) is 267 Å². The molecule has 8 aliphatic rings. The maximum absolute atomic E-state index is 15.6. The first-order valence-corrected chi connectivity index (χ1v) is 43.5. The van der Waals surface area contributed by atoms with Crippen molar-refractivity contribution in [2.24, 2.45) is 27.1 Å². The van der Waals surface area contributed by atoms with Crippen molar-refractivity contribution < 1.29 is 95.2 Å². The fraction of sp³-hybridized carbons (Fsp3) is 0.912. The van der Waals surface area contributed by atoms with Gasteiger partial charge in [-0.05, 0) is 234 Å². The highest BCUT2D eigenvalue weighted by molar-refractivity contribution is 6.19. The number of esters is 8. The Balaban J connectivity index is 0.913. The maximum atomic E-state index is 15.6. The smallest absolute Gasteiger partial charge is 0.335 e. The number of piperidine rings is 6. The molecule has 0 aliphatic carbocycles. The zero-order valence-corrected chi connectivity index (χ0v) is 78.9. The van der Waals surface area contributed by atoms with Gasteiger partial charge in [-0.2, -0.15) is 0 Å². The fourth-order valence-corrected chi connectivity index (χ4v) is 21.1. The summed E-state index contributed by atoms with van der Waals surface area (Å²) in [5.74, 6) is -7.45. The van der Waals surface area contributed by atoms with Crippen LogP contribution in [0.5, 0.6) is 0 Å². The van der Waals surface area contributed by atoms with Crippen molar-refractivity contribution in [2.75, 3.05) is 81.9 Å². The molecule has 0 aromatic carbocycles. The highest BCUT2D eigenvalue weighted by Gasteiger charge is 2.64. The highest BCUT2D eigenvalue weighted by atomic mass is 16.7. The Hall–Kier alpha value is -4.64. The number of hydrogen-bond acceptors (Lipinski definition) is 26. The molecule has 26 heteroatoms.